The van der Waals surface area contributed by atoms with Crippen molar-refractivity contribution in [2.45, 2.75) is 26.3 Å². The third-order valence-electron chi connectivity index (χ3n) is 3.38. The van der Waals surface area contributed by atoms with E-state index in [1.54, 1.807) is 6.07 Å². The van der Waals surface area contributed by atoms with Crippen LogP contribution in [0, 0.1) is 19.7 Å². The molecule has 0 radical (unpaired) electrons. The van der Waals surface area contributed by atoms with Crippen LogP contribution in [0.1, 0.15) is 28.4 Å². The molecule has 0 fully saturated rings. The van der Waals surface area contributed by atoms with Crippen molar-refractivity contribution in [1.29, 1.82) is 0 Å². The molecule has 0 saturated carbocycles. The molecular weight excluding hydrogens is 239 g/mol. The molecule has 0 aliphatic rings. The van der Waals surface area contributed by atoms with Crippen molar-refractivity contribution in [3.05, 3.63) is 64.7 Å². The van der Waals surface area contributed by atoms with Crippen LogP contribution in [0.15, 0.2) is 36.5 Å². The Hall–Kier alpha value is -1.74. The number of nitrogens with one attached hydrogen (secondary N) is 1. The molecule has 1 unspecified atom stereocenters. The molecule has 0 bridgehead atoms. The Labute approximate surface area is 113 Å². The topological polar surface area (TPSA) is 24.9 Å². The van der Waals surface area contributed by atoms with Crippen molar-refractivity contribution in [3.8, 4) is 0 Å². The number of aromatic nitrogens is 1. The lowest BCUT2D eigenvalue weighted by Crippen LogP contribution is -2.20. The van der Waals surface area contributed by atoms with Gasteiger partial charge in [-0.2, -0.15) is 0 Å². The Morgan fingerprint density at radius 1 is 1.21 bits per heavy atom. The zero-order valence-corrected chi connectivity index (χ0v) is 11.6. The van der Waals surface area contributed by atoms with E-state index in [-0.39, 0.29) is 11.9 Å². The van der Waals surface area contributed by atoms with Crippen molar-refractivity contribution < 1.29 is 4.39 Å². The summed E-state index contributed by atoms with van der Waals surface area (Å²) in [4.78, 5) is 4.40. The fourth-order valence-electron chi connectivity index (χ4n) is 2.18. The summed E-state index contributed by atoms with van der Waals surface area (Å²) in [6, 6.07) is 9.06. The molecule has 100 valence electrons. The third-order valence-corrected chi connectivity index (χ3v) is 3.38. The van der Waals surface area contributed by atoms with Gasteiger partial charge in [-0.3, -0.25) is 4.98 Å². The van der Waals surface area contributed by atoms with Crippen LogP contribution in [-0.4, -0.2) is 12.0 Å². The van der Waals surface area contributed by atoms with Gasteiger partial charge in [0, 0.05) is 6.20 Å². The van der Waals surface area contributed by atoms with E-state index in [9.17, 15) is 4.39 Å². The lowest BCUT2D eigenvalue weighted by Gasteiger charge is -2.17. The first kappa shape index (κ1) is 13.7. The molecule has 0 spiro atoms. The molecule has 19 heavy (non-hydrogen) atoms. The molecule has 1 aromatic heterocycles. The van der Waals surface area contributed by atoms with Gasteiger partial charge in [-0.25, -0.2) is 4.39 Å². The largest absolute Gasteiger partial charge is 0.311 e. The lowest BCUT2D eigenvalue weighted by molar-refractivity contribution is 0.568. The summed E-state index contributed by atoms with van der Waals surface area (Å²) in [6.07, 6.45) is 2.55. The number of aryl methyl sites for hydroxylation is 2. The maximum Gasteiger partial charge on any atom is 0.123 e. The fraction of sp³-hybridized carbons (Fsp3) is 0.312. The Morgan fingerprint density at radius 2 is 2.00 bits per heavy atom. The summed E-state index contributed by atoms with van der Waals surface area (Å²) < 4.78 is 13.3. The van der Waals surface area contributed by atoms with E-state index in [0.717, 1.165) is 23.2 Å². The number of hydrogen-bond donors (Lipinski definition) is 1. The first-order chi connectivity index (χ1) is 9.10. The molecule has 2 nitrogen and oxygen atoms in total. The molecule has 1 heterocycles. The minimum absolute atomic E-state index is 0.0976. The van der Waals surface area contributed by atoms with E-state index in [1.807, 2.05) is 39.2 Å². The highest BCUT2D eigenvalue weighted by Crippen LogP contribution is 2.20. The van der Waals surface area contributed by atoms with E-state index >= 15 is 0 Å². The second-order valence-corrected chi connectivity index (χ2v) is 4.87. The summed E-state index contributed by atoms with van der Waals surface area (Å²) in [7, 11) is 1.91. The van der Waals surface area contributed by atoms with Crippen molar-refractivity contribution >= 4 is 0 Å². The van der Waals surface area contributed by atoms with Crippen molar-refractivity contribution in [1.82, 2.24) is 10.3 Å². The van der Waals surface area contributed by atoms with Crippen molar-refractivity contribution in [2.24, 2.45) is 0 Å². The van der Waals surface area contributed by atoms with Gasteiger partial charge in [0.15, 0.2) is 0 Å². The second kappa shape index (κ2) is 5.93. The SMILES string of the molecule is CNC(Cc1cc(F)ccc1C)c1cc(C)ccn1. The predicted octanol–water partition coefficient (Wildman–Crippen LogP) is 3.34. The Bertz CT molecular complexity index is 566. The van der Waals surface area contributed by atoms with E-state index in [2.05, 4.69) is 16.4 Å². The van der Waals surface area contributed by atoms with Crippen LogP contribution in [0.2, 0.25) is 0 Å². The number of hydrogen-bond acceptors (Lipinski definition) is 2. The molecule has 1 atom stereocenters. The van der Waals surface area contributed by atoms with Gasteiger partial charge in [0.2, 0.25) is 0 Å². The minimum atomic E-state index is -0.187. The Balaban J connectivity index is 2.26. The van der Waals surface area contributed by atoms with Crippen molar-refractivity contribution in [3.63, 3.8) is 0 Å². The quantitative estimate of drug-likeness (QED) is 0.909. The summed E-state index contributed by atoms with van der Waals surface area (Å²) >= 11 is 0. The van der Waals surface area contributed by atoms with E-state index < -0.39 is 0 Å². The van der Waals surface area contributed by atoms with Gasteiger partial charge >= 0.3 is 0 Å². The van der Waals surface area contributed by atoms with Gasteiger partial charge in [-0.05, 0) is 68.3 Å². The highest BCUT2D eigenvalue weighted by Gasteiger charge is 2.13. The maximum absolute atomic E-state index is 13.3. The molecule has 0 saturated heterocycles. The van der Waals surface area contributed by atoms with Crippen LogP contribution in [0.5, 0.6) is 0 Å². The molecule has 3 heteroatoms. The van der Waals surface area contributed by atoms with Gasteiger partial charge in [-0.15, -0.1) is 0 Å². The van der Waals surface area contributed by atoms with E-state index in [0.29, 0.717) is 0 Å². The number of pyridine rings is 1. The molecule has 0 aliphatic heterocycles. The Morgan fingerprint density at radius 3 is 2.68 bits per heavy atom. The van der Waals surface area contributed by atoms with Crippen LogP contribution in [0.25, 0.3) is 0 Å². The standard InChI is InChI=1S/C16H19FN2/c1-11-6-7-19-16(8-11)15(18-3)10-13-9-14(17)5-4-12(13)2/h4-9,15,18H,10H2,1-3H3. The van der Waals surface area contributed by atoms with E-state index in [4.69, 9.17) is 0 Å². The average Bonchev–Trinajstić information content (AvgIpc) is 2.39. The lowest BCUT2D eigenvalue weighted by atomic mass is 9.98. The number of rotatable bonds is 4. The average molecular weight is 258 g/mol. The second-order valence-electron chi connectivity index (χ2n) is 4.87. The van der Waals surface area contributed by atoms with Crippen LogP contribution in [0.3, 0.4) is 0 Å². The summed E-state index contributed by atoms with van der Waals surface area (Å²) in [6.45, 7) is 4.05. The molecule has 0 amide bonds. The van der Waals surface area contributed by atoms with Gasteiger partial charge in [0.25, 0.3) is 0 Å². The van der Waals surface area contributed by atoms with Gasteiger partial charge in [0.1, 0.15) is 5.82 Å². The molecule has 1 N–H and O–H groups in total. The summed E-state index contributed by atoms with van der Waals surface area (Å²) in [5.41, 5.74) is 4.30. The van der Waals surface area contributed by atoms with Gasteiger partial charge < -0.3 is 5.32 Å². The number of likely N-dealkylation sites (N-methyl/N-ethyl adjacent to an activating group) is 1. The van der Waals surface area contributed by atoms with Crippen LogP contribution < -0.4 is 5.32 Å². The first-order valence-electron chi connectivity index (χ1n) is 6.45. The minimum Gasteiger partial charge on any atom is -0.311 e. The number of nitrogens with zero attached hydrogens (tertiary/aromatic N) is 1. The van der Waals surface area contributed by atoms with Gasteiger partial charge in [0.05, 0.1) is 11.7 Å². The summed E-state index contributed by atoms with van der Waals surface area (Å²) in [5, 5.41) is 3.26. The predicted molar refractivity (Wildman–Crippen MR) is 75.6 cm³/mol. The molecule has 2 rings (SSSR count). The zero-order valence-electron chi connectivity index (χ0n) is 11.6. The smallest absolute Gasteiger partial charge is 0.123 e. The first-order valence-corrected chi connectivity index (χ1v) is 6.45. The third kappa shape index (κ3) is 3.38. The van der Waals surface area contributed by atoms with E-state index in [1.165, 1.54) is 11.6 Å². The highest BCUT2D eigenvalue weighted by atomic mass is 19.1. The monoisotopic (exact) mass is 258 g/mol. The normalized spacial score (nSPS) is 12.4. The zero-order chi connectivity index (χ0) is 13.8. The van der Waals surface area contributed by atoms with Crippen LogP contribution in [-0.2, 0) is 6.42 Å². The van der Waals surface area contributed by atoms with Crippen molar-refractivity contribution in [2.75, 3.05) is 7.05 Å². The van der Waals surface area contributed by atoms with Crippen LogP contribution in [0.4, 0.5) is 4.39 Å². The number of benzene rings is 1. The molecule has 0 aliphatic carbocycles. The van der Waals surface area contributed by atoms with Gasteiger partial charge in [-0.1, -0.05) is 6.07 Å². The Kier molecular flexibility index (Phi) is 4.27. The maximum atomic E-state index is 13.3. The molecular formula is C16H19FN2. The fourth-order valence-corrected chi connectivity index (χ4v) is 2.18. The number of halogens is 1. The highest BCUT2D eigenvalue weighted by molar-refractivity contribution is 5.29. The summed E-state index contributed by atoms with van der Waals surface area (Å²) in [5.74, 6) is -0.187. The molecule has 2 aromatic rings. The molecule has 1 aromatic carbocycles. The van der Waals surface area contributed by atoms with Crippen LogP contribution >= 0.6 is 0 Å².